The van der Waals surface area contributed by atoms with Crippen LogP contribution in [0.5, 0.6) is 5.75 Å². The van der Waals surface area contributed by atoms with Crippen LogP contribution in [0.25, 0.3) is 0 Å². The molecule has 0 aromatic heterocycles. The van der Waals surface area contributed by atoms with E-state index in [1.807, 2.05) is 6.92 Å². The summed E-state index contributed by atoms with van der Waals surface area (Å²) in [5.41, 5.74) is 4.79. The van der Waals surface area contributed by atoms with Gasteiger partial charge in [-0.05, 0) is 48.1 Å². The lowest BCUT2D eigenvalue weighted by atomic mass is 9.86. The minimum Gasteiger partial charge on any atom is -0.507 e. The quantitative estimate of drug-likeness (QED) is 0.860. The minimum absolute atomic E-state index is 0.0787. The van der Waals surface area contributed by atoms with Gasteiger partial charge in [-0.1, -0.05) is 47.6 Å². The Morgan fingerprint density at radius 3 is 2.17 bits per heavy atom. The van der Waals surface area contributed by atoms with Gasteiger partial charge in [0.2, 0.25) is 0 Å². The smallest absolute Gasteiger partial charge is 0.126 e. The number of benzene rings is 2. The third-order valence-corrected chi connectivity index (χ3v) is 5.41. The molecule has 0 fully saturated rings. The van der Waals surface area contributed by atoms with Gasteiger partial charge in [0.15, 0.2) is 0 Å². The van der Waals surface area contributed by atoms with Crippen LogP contribution in [0.1, 0.15) is 37.5 Å². The second-order valence-corrected chi connectivity index (χ2v) is 8.81. The fourth-order valence-electron chi connectivity index (χ4n) is 2.57. The molecule has 2 aromatic rings. The maximum Gasteiger partial charge on any atom is 0.126 e. The molecule has 23 heavy (non-hydrogen) atoms. The van der Waals surface area contributed by atoms with Crippen LogP contribution in [0.4, 0.5) is 5.69 Å². The molecular weight excluding hydrogens is 301 g/mol. The molecule has 1 unspecified atom stereocenters. The highest BCUT2D eigenvalue weighted by Crippen LogP contribution is 2.31. The maximum atomic E-state index is 10.5. The highest BCUT2D eigenvalue weighted by atomic mass is 31.1. The van der Waals surface area contributed by atoms with Gasteiger partial charge in [-0.25, -0.2) is 0 Å². The van der Waals surface area contributed by atoms with Gasteiger partial charge in [-0.2, -0.15) is 0 Å². The van der Waals surface area contributed by atoms with E-state index < -0.39 is 0 Å². The molecule has 0 saturated carbocycles. The molecule has 3 heteroatoms. The van der Waals surface area contributed by atoms with Crippen molar-refractivity contribution >= 4 is 24.9 Å². The van der Waals surface area contributed by atoms with Gasteiger partial charge < -0.3 is 10.0 Å². The van der Waals surface area contributed by atoms with E-state index in [2.05, 4.69) is 77.0 Å². The molecule has 0 heterocycles. The Kier molecular flexibility index (Phi) is 5.06. The average molecular weight is 329 g/mol. The van der Waals surface area contributed by atoms with Gasteiger partial charge in [-0.15, -0.1) is 0 Å². The molecule has 0 radical (unpaired) electrons. The molecule has 0 bridgehead atoms. The van der Waals surface area contributed by atoms with Crippen molar-refractivity contribution in [2.75, 3.05) is 19.0 Å². The molecule has 0 saturated heterocycles. The Hall–Kier alpha value is -1.53. The summed E-state index contributed by atoms with van der Waals surface area (Å²) in [7, 11) is 4.58. The normalized spacial score (nSPS) is 12.1. The number of hydrogen-bond acceptors (Lipinski definition) is 2. The van der Waals surface area contributed by atoms with Crippen LogP contribution in [0.15, 0.2) is 30.3 Å². The van der Waals surface area contributed by atoms with Crippen LogP contribution in [-0.4, -0.2) is 19.2 Å². The molecule has 2 rings (SSSR count). The number of anilines is 1. The van der Waals surface area contributed by atoms with E-state index in [1.54, 1.807) is 0 Å². The largest absolute Gasteiger partial charge is 0.507 e. The lowest BCUT2D eigenvalue weighted by molar-refractivity contribution is 0.474. The van der Waals surface area contributed by atoms with Crippen LogP contribution in [0.3, 0.4) is 0 Å². The first-order chi connectivity index (χ1) is 10.6. The number of phenols is 1. The molecule has 124 valence electrons. The van der Waals surface area contributed by atoms with Gasteiger partial charge in [0.1, 0.15) is 5.75 Å². The van der Waals surface area contributed by atoms with Crippen molar-refractivity contribution in [3.8, 4) is 5.75 Å². The van der Waals surface area contributed by atoms with Gasteiger partial charge in [0.25, 0.3) is 0 Å². The molecule has 1 N–H and O–H groups in total. The number of phenolic OH excluding ortho intramolecular Hbond substituents is 1. The molecule has 0 aliphatic rings. The molecule has 0 aliphatic heterocycles. The molecule has 2 aromatic carbocycles. The lowest BCUT2D eigenvalue weighted by Gasteiger charge is -2.23. The Balaban J connectivity index is 2.51. The van der Waals surface area contributed by atoms with Crippen LogP contribution in [-0.2, 0) is 5.41 Å². The summed E-state index contributed by atoms with van der Waals surface area (Å²) in [6.07, 6.45) is 0. The van der Waals surface area contributed by atoms with E-state index in [9.17, 15) is 5.11 Å². The van der Waals surface area contributed by atoms with Crippen molar-refractivity contribution < 1.29 is 5.11 Å². The van der Waals surface area contributed by atoms with Crippen molar-refractivity contribution in [3.05, 3.63) is 47.0 Å². The summed E-state index contributed by atoms with van der Waals surface area (Å²) in [5.74, 6) is 0.432. The van der Waals surface area contributed by atoms with Gasteiger partial charge in [0.05, 0.1) is 0 Å². The van der Waals surface area contributed by atoms with E-state index in [4.69, 9.17) is 0 Å². The minimum atomic E-state index is 0.0787. The van der Waals surface area contributed by atoms with Crippen LogP contribution in [0.2, 0.25) is 0 Å². The SMILES string of the molecule is Cc1ccc(Pc2cc(C(C)(C)C)cc(C)c2O)c(N(C)C)c1. The summed E-state index contributed by atoms with van der Waals surface area (Å²) in [5, 5.41) is 12.8. The van der Waals surface area contributed by atoms with E-state index in [1.165, 1.54) is 22.1 Å². The lowest BCUT2D eigenvalue weighted by Crippen LogP contribution is -2.19. The standard InChI is InChI=1S/C20H28NOP/c1-13-8-9-17(16(10-13)21(6)7)23-18-12-15(20(3,4)5)11-14(2)19(18)22/h8-12,22-23H,1-7H3. The van der Waals surface area contributed by atoms with Crippen LogP contribution >= 0.6 is 8.58 Å². The number of nitrogens with zero attached hydrogens (tertiary/aromatic N) is 1. The molecule has 1 atom stereocenters. The van der Waals surface area contributed by atoms with Gasteiger partial charge in [-0.3, -0.25) is 0 Å². The third-order valence-electron chi connectivity index (χ3n) is 4.07. The highest BCUT2D eigenvalue weighted by molar-refractivity contribution is 7.56. The van der Waals surface area contributed by atoms with Crippen molar-refractivity contribution in [3.63, 3.8) is 0 Å². The summed E-state index contributed by atoms with van der Waals surface area (Å²) in [4.78, 5) is 2.15. The Bertz CT molecular complexity index is 714. The predicted octanol–water partition coefficient (Wildman–Crippen LogP) is 4.00. The zero-order valence-corrected chi connectivity index (χ0v) is 16.3. The third kappa shape index (κ3) is 4.06. The number of aryl methyl sites for hydroxylation is 2. The molecule has 0 amide bonds. The zero-order chi connectivity index (χ0) is 17.4. The van der Waals surface area contributed by atoms with Crippen molar-refractivity contribution in [1.29, 1.82) is 0 Å². The molecular formula is C20H28NOP. The number of aromatic hydroxyl groups is 1. The Morgan fingerprint density at radius 1 is 0.957 bits per heavy atom. The summed E-state index contributed by atoms with van der Waals surface area (Å²) < 4.78 is 0. The first kappa shape index (κ1) is 17.8. The van der Waals surface area contributed by atoms with E-state index in [0.717, 1.165) is 10.9 Å². The van der Waals surface area contributed by atoms with E-state index >= 15 is 0 Å². The maximum absolute atomic E-state index is 10.5. The number of hydrogen-bond donors (Lipinski definition) is 1. The summed E-state index contributed by atoms with van der Waals surface area (Å²) in [6.45, 7) is 10.7. The van der Waals surface area contributed by atoms with Crippen LogP contribution < -0.4 is 15.5 Å². The van der Waals surface area contributed by atoms with Crippen molar-refractivity contribution in [2.45, 2.75) is 40.0 Å². The van der Waals surface area contributed by atoms with E-state index in [0.29, 0.717) is 14.3 Å². The first-order valence-electron chi connectivity index (χ1n) is 7.98. The summed E-state index contributed by atoms with van der Waals surface area (Å²) in [6, 6.07) is 10.8. The number of rotatable bonds is 3. The molecule has 2 nitrogen and oxygen atoms in total. The van der Waals surface area contributed by atoms with Crippen molar-refractivity contribution in [1.82, 2.24) is 0 Å². The second kappa shape index (κ2) is 6.53. The van der Waals surface area contributed by atoms with Crippen molar-refractivity contribution in [2.24, 2.45) is 0 Å². The zero-order valence-electron chi connectivity index (χ0n) is 15.3. The fraction of sp³-hybridized carbons (Fsp3) is 0.400. The topological polar surface area (TPSA) is 23.5 Å². The van der Waals surface area contributed by atoms with Crippen LogP contribution in [0, 0.1) is 13.8 Å². The Labute approximate surface area is 142 Å². The average Bonchev–Trinajstić information content (AvgIpc) is 2.44. The monoisotopic (exact) mass is 329 g/mol. The van der Waals surface area contributed by atoms with Gasteiger partial charge >= 0.3 is 0 Å². The second-order valence-electron chi connectivity index (χ2n) is 7.48. The highest BCUT2D eigenvalue weighted by Gasteiger charge is 2.18. The van der Waals surface area contributed by atoms with Gasteiger partial charge in [0, 0.05) is 30.4 Å². The fourth-order valence-corrected chi connectivity index (χ4v) is 3.99. The molecule has 0 spiro atoms. The predicted molar refractivity (Wildman–Crippen MR) is 105 cm³/mol. The summed E-state index contributed by atoms with van der Waals surface area (Å²) >= 11 is 0. The molecule has 0 aliphatic carbocycles. The van der Waals surface area contributed by atoms with E-state index in [-0.39, 0.29) is 5.41 Å². The Morgan fingerprint density at radius 2 is 1.61 bits per heavy atom. The first-order valence-corrected chi connectivity index (χ1v) is 8.98.